The minimum atomic E-state index is -0.0645. The third-order valence-electron chi connectivity index (χ3n) is 4.64. The molecule has 0 saturated carbocycles. The van der Waals surface area contributed by atoms with E-state index < -0.39 is 0 Å². The Bertz CT molecular complexity index is 947. The number of anilines is 1. The van der Waals surface area contributed by atoms with Crippen molar-refractivity contribution in [3.63, 3.8) is 0 Å². The first-order chi connectivity index (χ1) is 11.7. The van der Waals surface area contributed by atoms with E-state index in [4.69, 9.17) is 0 Å². The van der Waals surface area contributed by atoms with Gasteiger partial charge in [0.15, 0.2) is 0 Å². The molecule has 1 aromatic heterocycles. The summed E-state index contributed by atoms with van der Waals surface area (Å²) >= 11 is 0. The summed E-state index contributed by atoms with van der Waals surface area (Å²) in [5.74, 6) is 0.487. The van der Waals surface area contributed by atoms with Crippen LogP contribution in [0, 0.1) is 5.92 Å². The molecule has 0 radical (unpaired) electrons. The number of amides is 1. The van der Waals surface area contributed by atoms with Gasteiger partial charge in [-0.25, -0.2) is 0 Å². The Kier molecular flexibility index (Phi) is 3.65. The van der Waals surface area contributed by atoms with E-state index in [0.717, 1.165) is 24.0 Å². The lowest BCUT2D eigenvalue weighted by Gasteiger charge is -2.16. The van der Waals surface area contributed by atoms with Gasteiger partial charge in [-0.05, 0) is 47.6 Å². The molecule has 24 heavy (non-hydrogen) atoms. The largest absolute Gasteiger partial charge is 0.329 e. The minimum Gasteiger partial charge on any atom is -0.329 e. The molecule has 0 unspecified atom stereocenters. The first-order valence-electron chi connectivity index (χ1n) is 8.16. The highest BCUT2D eigenvalue weighted by atomic mass is 16.2. The second-order valence-corrected chi connectivity index (χ2v) is 6.34. The summed E-state index contributed by atoms with van der Waals surface area (Å²) < 4.78 is 0. The smallest absolute Gasteiger partial charge is 0.255 e. The van der Waals surface area contributed by atoms with Crippen LogP contribution >= 0.6 is 0 Å². The average Bonchev–Trinajstić information content (AvgIpc) is 2.96. The van der Waals surface area contributed by atoms with Gasteiger partial charge in [0.1, 0.15) is 0 Å². The van der Waals surface area contributed by atoms with Crippen LogP contribution in [0.1, 0.15) is 12.0 Å². The van der Waals surface area contributed by atoms with Crippen LogP contribution < -0.4 is 10.5 Å². The number of hydrogen-bond donors (Lipinski definition) is 1. The molecule has 1 amide bonds. The van der Waals surface area contributed by atoms with Crippen molar-refractivity contribution in [2.24, 2.45) is 5.92 Å². The van der Waals surface area contributed by atoms with Crippen molar-refractivity contribution in [1.29, 1.82) is 0 Å². The van der Waals surface area contributed by atoms with Crippen molar-refractivity contribution < 1.29 is 4.79 Å². The summed E-state index contributed by atoms with van der Waals surface area (Å²) in [6.07, 6.45) is 3.09. The standard InChI is InChI=1S/C20H18N2O2/c23-19-12-15(13-22(19)17-4-2-1-3-5-17)10-14-6-7-18-16(11-14)8-9-21-20(18)24/h1-9,11,15H,10,12-13H2,(H,21,24)/t15-/m1/s1. The Labute approximate surface area is 139 Å². The molecule has 1 atom stereocenters. The van der Waals surface area contributed by atoms with Crippen LogP contribution in [-0.4, -0.2) is 17.4 Å². The quantitative estimate of drug-likeness (QED) is 0.806. The second kappa shape index (κ2) is 5.96. The second-order valence-electron chi connectivity index (χ2n) is 6.34. The number of nitrogens with zero attached hydrogens (tertiary/aromatic N) is 1. The molecule has 0 spiro atoms. The van der Waals surface area contributed by atoms with Crippen molar-refractivity contribution in [3.05, 3.63) is 76.7 Å². The Morgan fingerprint density at radius 3 is 2.71 bits per heavy atom. The van der Waals surface area contributed by atoms with E-state index in [2.05, 4.69) is 11.1 Å². The van der Waals surface area contributed by atoms with E-state index in [1.807, 2.05) is 53.4 Å². The number of aromatic amines is 1. The molecule has 3 aromatic rings. The molecular weight excluding hydrogens is 300 g/mol. The van der Waals surface area contributed by atoms with Crippen LogP contribution in [-0.2, 0) is 11.2 Å². The van der Waals surface area contributed by atoms with Gasteiger partial charge in [0.2, 0.25) is 5.91 Å². The molecule has 1 aliphatic rings. The normalized spacial score (nSPS) is 17.6. The van der Waals surface area contributed by atoms with Crippen LogP contribution in [0.3, 0.4) is 0 Å². The summed E-state index contributed by atoms with van der Waals surface area (Å²) in [5, 5.41) is 1.65. The summed E-state index contributed by atoms with van der Waals surface area (Å²) in [5.41, 5.74) is 2.07. The fourth-order valence-electron chi connectivity index (χ4n) is 3.48. The maximum Gasteiger partial charge on any atom is 0.255 e. The first-order valence-corrected chi connectivity index (χ1v) is 8.16. The Hall–Kier alpha value is -2.88. The van der Waals surface area contributed by atoms with E-state index >= 15 is 0 Å². The Morgan fingerprint density at radius 1 is 1.04 bits per heavy atom. The molecule has 120 valence electrons. The zero-order valence-electron chi connectivity index (χ0n) is 13.2. The molecule has 4 nitrogen and oxygen atoms in total. The van der Waals surface area contributed by atoms with Crippen molar-refractivity contribution in [2.45, 2.75) is 12.8 Å². The lowest BCUT2D eigenvalue weighted by molar-refractivity contribution is -0.117. The lowest BCUT2D eigenvalue weighted by atomic mass is 9.97. The summed E-state index contributed by atoms with van der Waals surface area (Å²) in [7, 11) is 0. The Morgan fingerprint density at radius 2 is 1.88 bits per heavy atom. The van der Waals surface area contributed by atoms with Crippen molar-refractivity contribution in [3.8, 4) is 0 Å². The molecule has 1 aliphatic heterocycles. The van der Waals surface area contributed by atoms with Gasteiger partial charge in [0, 0.05) is 30.2 Å². The Balaban J connectivity index is 1.54. The van der Waals surface area contributed by atoms with Crippen molar-refractivity contribution in [2.75, 3.05) is 11.4 Å². The van der Waals surface area contributed by atoms with Gasteiger partial charge in [-0.15, -0.1) is 0 Å². The van der Waals surface area contributed by atoms with Crippen LogP contribution in [0.2, 0.25) is 0 Å². The number of nitrogens with one attached hydrogen (secondary N) is 1. The minimum absolute atomic E-state index is 0.0645. The van der Waals surface area contributed by atoms with E-state index in [-0.39, 0.29) is 11.5 Å². The number of carbonyl (C=O) groups is 1. The van der Waals surface area contributed by atoms with Crippen LogP contribution in [0.5, 0.6) is 0 Å². The highest BCUT2D eigenvalue weighted by molar-refractivity contribution is 5.95. The van der Waals surface area contributed by atoms with Gasteiger partial charge in [0.05, 0.1) is 0 Å². The number of rotatable bonds is 3. The summed E-state index contributed by atoms with van der Waals surface area (Å²) in [6, 6.07) is 17.6. The summed E-state index contributed by atoms with van der Waals surface area (Å²) in [6.45, 7) is 0.746. The number of benzene rings is 2. The maximum atomic E-state index is 12.3. The number of aromatic nitrogens is 1. The zero-order valence-corrected chi connectivity index (χ0v) is 13.2. The molecule has 1 saturated heterocycles. The topological polar surface area (TPSA) is 53.2 Å². The highest BCUT2D eigenvalue weighted by Gasteiger charge is 2.30. The number of carbonyl (C=O) groups excluding carboxylic acids is 1. The van der Waals surface area contributed by atoms with E-state index in [1.165, 1.54) is 5.56 Å². The fraction of sp³-hybridized carbons (Fsp3) is 0.200. The molecule has 2 heterocycles. The molecular formula is C20H18N2O2. The van der Waals surface area contributed by atoms with Gasteiger partial charge < -0.3 is 9.88 Å². The van der Waals surface area contributed by atoms with Crippen LogP contribution in [0.4, 0.5) is 5.69 Å². The molecule has 4 rings (SSSR count). The van der Waals surface area contributed by atoms with Crippen LogP contribution in [0.15, 0.2) is 65.6 Å². The number of para-hydroxylation sites is 1. The predicted octanol–water partition coefficient (Wildman–Crippen LogP) is 3.12. The van der Waals surface area contributed by atoms with E-state index in [0.29, 0.717) is 17.7 Å². The monoisotopic (exact) mass is 318 g/mol. The van der Waals surface area contributed by atoms with Crippen LogP contribution in [0.25, 0.3) is 10.8 Å². The third kappa shape index (κ3) is 2.71. The molecule has 1 fully saturated rings. The molecule has 2 aromatic carbocycles. The number of fused-ring (bicyclic) bond motifs is 1. The maximum absolute atomic E-state index is 12.3. The van der Waals surface area contributed by atoms with Crippen molar-refractivity contribution in [1.82, 2.24) is 4.98 Å². The van der Waals surface area contributed by atoms with Gasteiger partial charge in [-0.1, -0.05) is 30.3 Å². The number of hydrogen-bond acceptors (Lipinski definition) is 2. The third-order valence-corrected chi connectivity index (χ3v) is 4.64. The SMILES string of the molecule is O=C1C[C@@H](Cc2ccc3c(=O)[nH]ccc3c2)CN1c1ccccc1. The lowest BCUT2D eigenvalue weighted by Crippen LogP contribution is -2.24. The molecule has 4 heteroatoms. The first kappa shape index (κ1) is 14.7. The summed E-state index contributed by atoms with van der Waals surface area (Å²) in [4.78, 5) is 28.6. The van der Waals surface area contributed by atoms with Crippen molar-refractivity contribution >= 4 is 22.4 Å². The molecule has 0 aliphatic carbocycles. The molecule has 1 N–H and O–H groups in total. The predicted molar refractivity (Wildman–Crippen MR) is 95.2 cm³/mol. The van der Waals surface area contributed by atoms with E-state index in [9.17, 15) is 9.59 Å². The highest BCUT2D eigenvalue weighted by Crippen LogP contribution is 2.27. The fourth-order valence-corrected chi connectivity index (χ4v) is 3.48. The zero-order chi connectivity index (χ0) is 16.5. The van der Waals surface area contributed by atoms with Gasteiger partial charge >= 0.3 is 0 Å². The average molecular weight is 318 g/mol. The van der Waals surface area contributed by atoms with Gasteiger partial charge in [-0.3, -0.25) is 9.59 Å². The van der Waals surface area contributed by atoms with Gasteiger partial charge in [-0.2, -0.15) is 0 Å². The number of H-pyrrole nitrogens is 1. The van der Waals surface area contributed by atoms with E-state index in [1.54, 1.807) is 6.20 Å². The molecule has 0 bridgehead atoms. The van der Waals surface area contributed by atoms with Gasteiger partial charge in [0.25, 0.3) is 5.56 Å². The number of pyridine rings is 1.